The third-order valence-electron chi connectivity index (χ3n) is 13.1. The quantitative estimate of drug-likeness (QED) is 0.372. The number of carbonyl (C=O) groups is 1. The van der Waals surface area contributed by atoms with Crippen molar-refractivity contribution in [2.24, 2.45) is 39.9 Å². The van der Waals surface area contributed by atoms with Crippen molar-refractivity contribution < 1.29 is 14.6 Å². The van der Waals surface area contributed by atoms with E-state index in [1.54, 1.807) is 11.3 Å². The summed E-state index contributed by atoms with van der Waals surface area (Å²) in [5.74, 6) is 1.06. The third-order valence-corrected chi connectivity index (χ3v) is 14.2. The molecule has 4 aliphatic carbocycles. The van der Waals surface area contributed by atoms with E-state index in [2.05, 4.69) is 67.3 Å². The molecule has 2 heterocycles. The molecular weight excluding hydrogens is 516 g/mol. The van der Waals surface area contributed by atoms with Crippen molar-refractivity contribution in [3.63, 3.8) is 0 Å². The Hall–Kier alpha value is -1.24. The van der Waals surface area contributed by atoms with Crippen molar-refractivity contribution in [1.29, 1.82) is 0 Å². The summed E-state index contributed by atoms with van der Waals surface area (Å²) >= 11 is 1.75. The van der Waals surface area contributed by atoms with Crippen LogP contribution in [0.15, 0.2) is 12.7 Å². The summed E-state index contributed by atoms with van der Waals surface area (Å²) in [6, 6.07) is 0. The molecule has 2 N–H and O–H groups in total. The lowest BCUT2D eigenvalue weighted by atomic mass is 9.35. The van der Waals surface area contributed by atoms with Crippen molar-refractivity contribution in [2.45, 2.75) is 129 Å². The maximum atomic E-state index is 14.5. The average Bonchev–Trinajstić information content (AvgIpc) is 3.41. The van der Waals surface area contributed by atoms with E-state index >= 15 is 0 Å². The molecule has 222 valence electrons. The van der Waals surface area contributed by atoms with Gasteiger partial charge in [-0.2, -0.15) is 0 Å². The number of anilines is 1. The zero-order chi connectivity index (χ0) is 29.1. The van der Waals surface area contributed by atoms with Crippen LogP contribution in [0.25, 0.3) is 0 Å². The Morgan fingerprint density at radius 1 is 1.07 bits per heavy atom. The van der Waals surface area contributed by atoms with Gasteiger partial charge in [0, 0.05) is 29.2 Å². The lowest BCUT2D eigenvalue weighted by molar-refractivity contribution is -0.239. The molecule has 40 heavy (non-hydrogen) atoms. The molecule has 6 heteroatoms. The molecule has 0 aromatic carbocycles. The van der Waals surface area contributed by atoms with E-state index in [1.165, 1.54) is 11.3 Å². The van der Waals surface area contributed by atoms with Crippen LogP contribution in [0.1, 0.15) is 111 Å². The number of aliphatic hydroxyl groups excluding tert-OH is 1. The van der Waals surface area contributed by atoms with Crippen LogP contribution in [0.3, 0.4) is 0 Å². The van der Waals surface area contributed by atoms with Gasteiger partial charge in [0.15, 0.2) is 5.13 Å². The van der Waals surface area contributed by atoms with Crippen molar-refractivity contribution in [2.75, 3.05) is 11.9 Å². The summed E-state index contributed by atoms with van der Waals surface area (Å²) in [5.41, 5.74) is -0.0829. The predicted molar refractivity (Wildman–Crippen MR) is 163 cm³/mol. The molecule has 1 aromatic heterocycles. The molecule has 1 aromatic rings. The number of fused-ring (bicyclic) bond motifs is 6. The van der Waals surface area contributed by atoms with Crippen LogP contribution in [-0.2, 0) is 21.4 Å². The first-order valence-corrected chi connectivity index (χ1v) is 16.6. The summed E-state index contributed by atoms with van der Waals surface area (Å²) in [5, 5.41) is 16.5. The fraction of sp³-hybridized carbons (Fsp3) is 0.824. The van der Waals surface area contributed by atoms with Gasteiger partial charge in [-0.05, 0) is 99.7 Å². The minimum atomic E-state index is -0.373. The first-order valence-electron chi connectivity index (χ1n) is 15.8. The van der Waals surface area contributed by atoms with Gasteiger partial charge >= 0.3 is 0 Å². The number of thiazole rings is 1. The first kappa shape index (κ1) is 28.9. The van der Waals surface area contributed by atoms with Crippen LogP contribution < -0.4 is 5.32 Å². The highest BCUT2D eigenvalue weighted by Crippen LogP contribution is 2.75. The Bertz CT molecular complexity index is 1220. The van der Waals surface area contributed by atoms with Gasteiger partial charge in [-0.15, -0.1) is 17.9 Å². The summed E-state index contributed by atoms with van der Waals surface area (Å²) in [7, 11) is 0. The van der Waals surface area contributed by atoms with E-state index in [0.717, 1.165) is 49.4 Å². The van der Waals surface area contributed by atoms with Gasteiger partial charge in [0.2, 0.25) is 0 Å². The molecule has 0 spiro atoms. The molecule has 5 nitrogen and oxygen atoms in total. The molecule has 3 saturated carbocycles. The van der Waals surface area contributed by atoms with Gasteiger partial charge in [-0.3, -0.25) is 4.79 Å². The van der Waals surface area contributed by atoms with Gasteiger partial charge in [0.1, 0.15) is 5.78 Å². The fourth-order valence-corrected chi connectivity index (χ4v) is 13.0. The lowest BCUT2D eigenvalue weighted by Gasteiger charge is -2.69. The molecule has 1 saturated heterocycles. The van der Waals surface area contributed by atoms with Gasteiger partial charge in [0.25, 0.3) is 0 Å². The largest absolute Gasteiger partial charge is 0.393 e. The smallest absolute Gasteiger partial charge is 0.183 e. The second-order valence-electron chi connectivity index (χ2n) is 16.3. The Morgan fingerprint density at radius 3 is 2.48 bits per heavy atom. The van der Waals surface area contributed by atoms with Gasteiger partial charge in [-0.1, -0.05) is 40.7 Å². The molecule has 1 aliphatic heterocycles. The standard InChI is InChI=1S/C34H52N2O3S/c1-10-16-35-28-36-27-23(40-28)19-31(6)24-17-21(37)25-20(34(9)14-11-13-29(2,3)39-34)12-15-32(25,7)33(24,8)18-22(38)26(31)30(27,4)5/h10,20-21,24-26,37H,1,11-19H2,2-9H3,(H,35,36)/t20-,21+,24+,25-,26-,31+,32+,33+,34+/m0/s1. The Kier molecular flexibility index (Phi) is 6.41. The second kappa shape index (κ2) is 8.89. The SMILES string of the molecule is C=CCNc1nc2c(s1)C[C@]1(C)[C@H]3C[C@@H](O)[C@@H]4[C@@H]([C@@]5(C)CCCC(C)(C)O5)CC[C@@]4(C)[C@]3(C)CC(=O)[C@H]1C2(C)C. The highest BCUT2D eigenvalue weighted by molar-refractivity contribution is 7.15. The monoisotopic (exact) mass is 568 g/mol. The molecule has 4 fully saturated rings. The van der Waals surface area contributed by atoms with E-state index < -0.39 is 0 Å². The number of hydrogen-bond donors (Lipinski definition) is 2. The number of nitrogens with one attached hydrogen (secondary N) is 1. The molecule has 0 amide bonds. The third kappa shape index (κ3) is 3.76. The molecular formula is C34H52N2O3S. The number of nitrogens with zero attached hydrogens (tertiary/aromatic N) is 1. The number of aliphatic hydroxyl groups is 1. The number of aromatic nitrogens is 1. The Labute approximate surface area is 246 Å². The second-order valence-corrected chi connectivity index (χ2v) is 17.4. The number of hydrogen-bond acceptors (Lipinski definition) is 6. The van der Waals surface area contributed by atoms with E-state index in [1.807, 2.05) is 6.08 Å². The molecule has 5 aliphatic rings. The highest BCUT2D eigenvalue weighted by Gasteiger charge is 2.73. The lowest BCUT2D eigenvalue weighted by Crippen LogP contribution is -2.68. The van der Waals surface area contributed by atoms with Gasteiger partial charge < -0.3 is 15.2 Å². The van der Waals surface area contributed by atoms with Crippen molar-refractivity contribution in [1.82, 2.24) is 4.98 Å². The summed E-state index contributed by atoms with van der Waals surface area (Å²) in [6.07, 6.45) is 9.19. The maximum Gasteiger partial charge on any atom is 0.183 e. The van der Waals surface area contributed by atoms with Crippen LogP contribution in [0.5, 0.6) is 0 Å². The average molecular weight is 569 g/mol. The van der Waals surface area contributed by atoms with Crippen LogP contribution in [0.4, 0.5) is 5.13 Å². The fourth-order valence-electron chi connectivity index (χ4n) is 11.7. The van der Waals surface area contributed by atoms with Crippen molar-refractivity contribution in [3.8, 4) is 0 Å². The van der Waals surface area contributed by atoms with Crippen molar-refractivity contribution in [3.05, 3.63) is 23.2 Å². The molecule has 0 unspecified atom stereocenters. The highest BCUT2D eigenvalue weighted by atomic mass is 32.1. The number of rotatable bonds is 4. The zero-order valence-corrected chi connectivity index (χ0v) is 27.0. The van der Waals surface area contributed by atoms with Crippen molar-refractivity contribution >= 4 is 22.3 Å². The van der Waals surface area contributed by atoms with Crippen LogP contribution in [-0.4, -0.2) is 39.7 Å². The predicted octanol–water partition coefficient (Wildman–Crippen LogP) is 7.33. The number of Topliss-reactive ketones (excluding diaryl/α,β-unsaturated/α-hetero) is 1. The molecule has 0 bridgehead atoms. The minimum Gasteiger partial charge on any atom is -0.393 e. The maximum absolute atomic E-state index is 14.5. The van der Waals surface area contributed by atoms with Crippen LogP contribution >= 0.6 is 11.3 Å². The van der Waals surface area contributed by atoms with E-state index in [4.69, 9.17) is 9.72 Å². The van der Waals surface area contributed by atoms with Gasteiger partial charge in [0.05, 0.1) is 23.0 Å². The van der Waals surface area contributed by atoms with E-state index in [-0.39, 0.29) is 56.7 Å². The minimum absolute atomic E-state index is 0.0931. The summed E-state index contributed by atoms with van der Waals surface area (Å²) < 4.78 is 6.88. The molecule has 0 radical (unpaired) electrons. The first-order chi connectivity index (χ1) is 18.5. The number of ketones is 1. The Morgan fingerprint density at radius 2 is 1.80 bits per heavy atom. The Balaban J connectivity index is 1.40. The van der Waals surface area contributed by atoms with E-state index in [0.29, 0.717) is 24.7 Å². The van der Waals surface area contributed by atoms with Crippen LogP contribution in [0, 0.1) is 39.9 Å². The molecule has 9 atom stereocenters. The van der Waals surface area contributed by atoms with Crippen LogP contribution in [0.2, 0.25) is 0 Å². The number of ether oxygens (including phenoxy) is 1. The van der Waals surface area contributed by atoms with E-state index in [9.17, 15) is 9.90 Å². The zero-order valence-electron chi connectivity index (χ0n) is 26.2. The summed E-state index contributed by atoms with van der Waals surface area (Å²) in [6.45, 7) is 23.0. The molecule has 6 rings (SSSR count). The summed E-state index contributed by atoms with van der Waals surface area (Å²) in [4.78, 5) is 20.8. The normalized spacial score (nSPS) is 47.0. The van der Waals surface area contributed by atoms with Gasteiger partial charge in [-0.25, -0.2) is 4.98 Å². The number of carbonyl (C=O) groups excluding carboxylic acids is 1. The topological polar surface area (TPSA) is 71.5 Å².